The Hall–Kier alpha value is -2.38. The third-order valence-corrected chi connectivity index (χ3v) is 6.03. The molecule has 5 nitrogen and oxygen atoms in total. The molecule has 0 spiro atoms. The second-order valence-corrected chi connectivity index (χ2v) is 8.30. The number of amides is 1. The molecular weight excluding hydrogens is 452 g/mol. The van der Waals surface area contributed by atoms with E-state index >= 15 is 0 Å². The molecule has 2 aromatic carbocycles. The van der Waals surface area contributed by atoms with Crippen LogP contribution in [0.25, 0.3) is 6.08 Å². The summed E-state index contributed by atoms with van der Waals surface area (Å²) in [6.07, 6.45) is 4.51. The molecule has 0 bridgehead atoms. The Morgan fingerprint density at radius 3 is 2.69 bits per heavy atom. The van der Waals surface area contributed by atoms with Crippen LogP contribution in [0, 0.1) is 0 Å². The van der Waals surface area contributed by atoms with Gasteiger partial charge in [0.1, 0.15) is 6.61 Å². The fourth-order valence-electron chi connectivity index (χ4n) is 2.78. The summed E-state index contributed by atoms with van der Waals surface area (Å²) >= 11 is 4.99. The molecule has 0 saturated carbocycles. The third-order valence-electron chi connectivity index (χ3n) is 4.32. The maximum absolute atomic E-state index is 12.4. The molecule has 0 aromatic heterocycles. The predicted octanol–water partition coefficient (Wildman–Crippen LogP) is 5.18. The number of hydrogen-bond acceptors (Lipinski definition) is 5. The number of hydrogen-bond donors (Lipinski definition) is 2. The summed E-state index contributed by atoms with van der Waals surface area (Å²) in [5, 5.41) is 6.28. The van der Waals surface area contributed by atoms with E-state index in [1.807, 2.05) is 30.3 Å². The van der Waals surface area contributed by atoms with Crippen molar-refractivity contribution >= 4 is 45.4 Å². The number of methoxy groups -OCH3 is 1. The van der Waals surface area contributed by atoms with Gasteiger partial charge in [-0.2, -0.15) is 0 Å². The standard InChI is InChI=1S/C22H23BrN2O3S/c1-4-10-28-19-13-17(23)15(11-18(19)27-3)12-20-21(26)25-22(29-20)24-16-8-6-14(5-2)7-9-16/h4,6-9,11-13,22,24H,1,5,10H2,2-3H3,(H,25,26)/b20-12-/t22-/m0/s1. The van der Waals surface area contributed by atoms with Crippen LogP contribution in [-0.2, 0) is 11.2 Å². The normalized spacial score (nSPS) is 17.1. The Morgan fingerprint density at radius 1 is 1.28 bits per heavy atom. The summed E-state index contributed by atoms with van der Waals surface area (Å²) in [6.45, 7) is 6.16. The van der Waals surface area contributed by atoms with Gasteiger partial charge in [-0.25, -0.2) is 0 Å². The molecule has 1 amide bonds. The minimum Gasteiger partial charge on any atom is -0.493 e. The highest BCUT2D eigenvalue weighted by atomic mass is 79.9. The molecule has 1 saturated heterocycles. The smallest absolute Gasteiger partial charge is 0.260 e. The number of ether oxygens (including phenoxy) is 2. The van der Waals surface area contributed by atoms with Crippen LogP contribution in [0.4, 0.5) is 5.69 Å². The fraction of sp³-hybridized carbons (Fsp3) is 0.227. The Kier molecular flexibility index (Phi) is 7.28. The SMILES string of the molecule is C=CCOc1cc(Br)c(/C=C2\S[C@@H](Nc3ccc(CC)cc3)NC2=O)cc1OC. The van der Waals surface area contributed by atoms with Crippen molar-refractivity contribution < 1.29 is 14.3 Å². The average molecular weight is 475 g/mol. The largest absolute Gasteiger partial charge is 0.493 e. The number of carbonyl (C=O) groups excluding carboxylic acids is 1. The topological polar surface area (TPSA) is 59.6 Å². The number of aryl methyl sites for hydroxylation is 1. The number of benzene rings is 2. The van der Waals surface area contributed by atoms with E-state index in [-0.39, 0.29) is 11.4 Å². The number of carbonyl (C=O) groups is 1. The lowest BCUT2D eigenvalue weighted by atomic mass is 10.1. The lowest BCUT2D eigenvalue weighted by Gasteiger charge is -2.13. The molecule has 0 aliphatic carbocycles. The quantitative estimate of drug-likeness (QED) is 0.407. The number of nitrogens with one attached hydrogen (secondary N) is 2. The second-order valence-electron chi connectivity index (χ2n) is 6.30. The Labute approximate surface area is 183 Å². The first kappa shape index (κ1) is 21.3. The van der Waals surface area contributed by atoms with Crippen LogP contribution in [0.2, 0.25) is 0 Å². The van der Waals surface area contributed by atoms with E-state index in [9.17, 15) is 4.79 Å². The maximum atomic E-state index is 12.4. The van der Waals surface area contributed by atoms with Gasteiger partial charge in [-0.05, 0) is 47.9 Å². The van der Waals surface area contributed by atoms with E-state index in [1.54, 1.807) is 13.2 Å². The van der Waals surface area contributed by atoms with E-state index in [2.05, 4.69) is 52.2 Å². The van der Waals surface area contributed by atoms with Gasteiger partial charge in [-0.1, -0.05) is 59.4 Å². The van der Waals surface area contributed by atoms with Crippen molar-refractivity contribution in [3.8, 4) is 11.5 Å². The molecule has 1 atom stereocenters. The third kappa shape index (κ3) is 5.36. The highest BCUT2D eigenvalue weighted by Gasteiger charge is 2.27. The number of rotatable bonds is 8. The summed E-state index contributed by atoms with van der Waals surface area (Å²) in [4.78, 5) is 13.1. The number of thioether (sulfide) groups is 1. The van der Waals surface area contributed by atoms with Crippen molar-refractivity contribution in [2.75, 3.05) is 19.0 Å². The predicted molar refractivity (Wildman–Crippen MR) is 123 cm³/mol. The summed E-state index contributed by atoms with van der Waals surface area (Å²) in [5.41, 5.74) is 2.85. The van der Waals surface area contributed by atoms with Gasteiger partial charge in [0.15, 0.2) is 17.0 Å². The zero-order chi connectivity index (χ0) is 20.8. The molecule has 2 N–H and O–H groups in total. The molecule has 1 aliphatic heterocycles. The van der Waals surface area contributed by atoms with Crippen LogP contribution in [0.5, 0.6) is 11.5 Å². The zero-order valence-corrected chi connectivity index (χ0v) is 18.7. The van der Waals surface area contributed by atoms with Gasteiger partial charge in [-0.15, -0.1) is 0 Å². The van der Waals surface area contributed by atoms with Crippen molar-refractivity contribution in [2.24, 2.45) is 0 Å². The molecular formula is C22H23BrN2O3S. The molecule has 1 fully saturated rings. The minimum atomic E-state index is -0.225. The van der Waals surface area contributed by atoms with Crippen LogP contribution in [0.3, 0.4) is 0 Å². The van der Waals surface area contributed by atoms with Gasteiger partial charge in [-0.3, -0.25) is 4.79 Å². The highest BCUT2D eigenvalue weighted by Crippen LogP contribution is 2.37. The lowest BCUT2D eigenvalue weighted by molar-refractivity contribution is -0.116. The van der Waals surface area contributed by atoms with Crippen molar-refractivity contribution in [2.45, 2.75) is 18.8 Å². The van der Waals surface area contributed by atoms with Crippen molar-refractivity contribution in [3.63, 3.8) is 0 Å². The zero-order valence-electron chi connectivity index (χ0n) is 16.3. The summed E-state index contributed by atoms with van der Waals surface area (Å²) < 4.78 is 11.8. The van der Waals surface area contributed by atoms with Gasteiger partial charge in [0.25, 0.3) is 5.91 Å². The van der Waals surface area contributed by atoms with Gasteiger partial charge < -0.3 is 20.1 Å². The van der Waals surface area contributed by atoms with E-state index in [0.29, 0.717) is 23.0 Å². The molecule has 0 unspecified atom stereocenters. The van der Waals surface area contributed by atoms with Gasteiger partial charge in [0.2, 0.25) is 0 Å². The molecule has 1 aliphatic rings. The first-order valence-corrected chi connectivity index (χ1v) is 10.9. The Bertz CT molecular complexity index is 928. The van der Waals surface area contributed by atoms with E-state index in [1.165, 1.54) is 17.3 Å². The highest BCUT2D eigenvalue weighted by molar-refractivity contribution is 9.10. The van der Waals surface area contributed by atoms with Crippen molar-refractivity contribution in [1.29, 1.82) is 0 Å². The van der Waals surface area contributed by atoms with Gasteiger partial charge >= 0.3 is 0 Å². The van der Waals surface area contributed by atoms with Crippen LogP contribution >= 0.6 is 27.7 Å². The van der Waals surface area contributed by atoms with Crippen LogP contribution in [0.15, 0.2) is 58.4 Å². The monoisotopic (exact) mass is 474 g/mol. The first-order chi connectivity index (χ1) is 14.0. The maximum Gasteiger partial charge on any atom is 0.260 e. The molecule has 7 heteroatoms. The Morgan fingerprint density at radius 2 is 2.03 bits per heavy atom. The molecule has 0 radical (unpaired) electrons. The van der Waals surface area contributed by atoms with E-state index in [0.717, 1.165) is 22.1 Å². The summed E-state index contributed by atoms with van der Waals surface area (Å²) in [5.74, 6) is 1.09. The van der Waals surface area contributed by atoms with Crippen LogP contribution in [0.1, 0.15) is 18.1 Å². The van der Waals surface area contributed by atoms with Gasteiger partial charge in [0.05, 0.1) is 12.0 Å². The van der Waals surface area contributed by atoms with Crippen LogP contribution in [-0.4, -0.2) is 25.1 Å². The van der Waals surface area contributed by atoms with Gasteiger partial charge in [0, 0.05) is 10.2 Å². The van der Waals surface area contributed by atoms with Crippen LogP contribution < -0.4 is 20.1 Å². The molecule has 29 heavy (non-hydrogen) atoms. The van der Waals surface area contributed by atoms with Crippen molar-refractivity contribution in [1.82, 2.24) is 5.32 Å². The van der Waals surface area contributed by atoms with E-state index in [4.69, 9.17) is 9.47 Å². The molecule has 3 rings (SSSR count). The fourth-order valence-corrected chi connectivity index (χ4v) is 4.19. The summed E-state index contributed by atoms with van der Waals surface area (Å²) in [6, 6.07) is 11.9. The Balaban J connectivity index is 1.76. The number of anilines is 1. The molecule has 2 aromatic rings. The molecule has 152 valence electrons. The second kappa shape index (κ2) is 9.89. The first-order valence-electron chi connectivity index (χ1n) is 9.20. The average Bonchev–Trinajstić information content (AvgIpc) is 3.07. The van der Waals surface area contributed by atoms with E-state index < -0.39 is 0 Å². The summed E-state index contributed by atoms with van der Waals surface area (Å²) in [7, 11) is 1.59. The van der Waals surface area contributed by atoms with Crippen molar-refractivity contribution in [3.05, 3.63) is 69.6 Å². The lowest BCUT2D eigenvalue weighted by Crippen LogP contribution is -2.30. The minimum absolute atomic E-state index is 0.115. The molecule has 1 heterocycles. The number of halogens is 1.